The quantitative estimate of drug-likeness (QED) is 0.659. The zero-order valence-electron chi connectivity index (χ0n) is 12.5. The summed E-state index contributed by atoms with van der Waals surface area (Å²) in [5.41, 5.74) is 0. The fraction of sp³-hybridized carbons (Fsp3) is 0.250. The summed E-state index contributed by atoms with van der Waals surface area (Å²) in [4.78, 5) is 32.1. The Hall–Kier alpha value is -2.24. The minimum Gasteiger partial charge on any atom is -0.481 e. The molecule has 0 heterocycles. The lowest BCUT2D eigenvalue weighted by atomic mass is 10.1. The zero-order valence-corrected chi connectivity index (χ0v) is 13.4. The van der Waals surface area contributed by atoms with E-state index in [2.05, 4.69) is 0 Å². The first-order valence-corrected chi connectivity index (χ1v) is 8.87. The fourth-order valence-electron chi connectivity index (χ4n) is 2.52. The van der Waals surface area contributed by atoms with Crippen LogP contribution >= 0.6 is 7.37 Å². The van der Waals surface area contributed by atoms with Crippen molar-refractivity contribution in [1.82, 2.24) is 0 Å². The Labute approximate surface area is 137 Å². The molecule has 0 saturated heterocycles. The van der Waals surface area contributed by atoms with Crippen molar-refractivity contribution in [3.63, 3.8) is 0 Å². The largest absolute Gasteiger partial charge is 0.481 e. The third kappa shape index (κ3) is 3.63. The lowest BCUT2D eigenvalue weighted by molar-refractivity contribution is -0.144. The van der Waals surface area contributed by atoms with E-state index in [1.807, 2.05) is 0 Å². The summed E-state index contributed by atoms with van der Waals surface area (Å²) in [5.74, 6) is -7.42. The molecule has 0 fully saturated rings. The van der Waals surface area contributed by atoms with Gasteiger partial charge in [-0.2, -0.15) is 0 Å². The standard InChI is InChI=1S/C16H16FO6P/c17-15(12(16(20)21)8-9-14(18)19)24(22,23)13-7-3-5-10-4-1-2-6-11(10)13/h1-7,12,15H,8-9H2,(H,18,19)(H,20,21)(H,22,23). The predicted molar refractivity (Wildman–Crippen MR) is 86.3 cm³/mol. The third-order valence-corrected chi connectivity index (χ3v) is 5.87. The van der Waals surface area contributed by atoms with Crippen molar-refractivity contribution in [3.8, 4) is 0 Å². The Bertz CT molecular complexity index is 816. The van der Waals surface area contributed by atoms with Gasteiger partial charge < -0.3 is 15.1 Å². The SMILES string of the molecule is O=C(O)CCC(C(=O)O)C(F)P(=O)(O)c1cccc2ccccc12. The highest BCUT2D eigenvalue weighted by molar-refractivity contribution is 7.67. The van der Waals surface area contributed by atoms with Gasteiger partial charge in [0.15, 0.2) is 5.91 Å². The second kappa shape index (κ2) is 7.11. The molecule has 0 aliphatic rings. The lowest BCUT2D eigenvalue weighted by Gasteiger charge is -2.23. The highest BCUT2D eigenvalue weighted by atomic mass is 31.2. The zero-order chi connectivity index (χ0) is 17.9. The van der Waals surface area contributed by atoms with Gasteiger partial charge >= 0.3 is 11.9 Å². The van der Waals surface area contributed by atoms with E-state index in [9.17, 15) is 23.4 Å². The van der Waals surface area contributed by atoms with Crippen LogP contribution in [-0.4, -0.2) is 33.0 Å². The topological polar surface area (TPSA) is 112 Å². The van der Waals surface area contributed by atoms with E-state index in [1.165, 1.54) is 12.1 Å². The molecule has 0 aliphatic carbocycles. The van der Waals surface area contributed by atoms with Crippen molar-refractivity contribution >= 4 is 35.4 Å². The number of carboxylic acids is 2. The van der Waals surface area contributed by atoms with Gasteiger partial charge in [-0.05, 0) is 23.3 Å². The van der Waals surface area contributed by atoms with Crippen LogP contribution in [-0.2, 0) is 14.2 Å². The molecule has 0 aromatic heterocycles. The molecule has 2 aromatic carbocycles. The molecule has 3 N–H and O–H groups in total. The number of halogens is 1. The summed E-state index contributed by atoms with van der Waals surface area (Å²) in [6.45, 7) is 0. The molecule has 2 aromatic rings. The van der Waals surface area contributed by atoms with E-state index >= 15 is 0 Å². The number of rotatable bonds is 7. The molecule has 128 valence electrons. The average molecular weight is 354 g/mol. The van der Waals surface area contributed by atoms with Gasteiger partial charge in [-0.15, -0.1) is 0 Å². The number of aliphatic carboxylic acids is 2. The summed E-state index contributed by atoms with van der Waals surface area (Å²) in [6, 6.07) is 11.0. The third-order valence-electron chi connectivity index (χ3n) is 3.76. The van der Waals surface area contributed by atoms with Crippen LogP contribution in [0.1, 0.15) is 12.8 Å². The first-order valence-electron chi connectivity index (χ1n) is 7.14. The number of alkyl halides is 1. The van der Waals surface area contributed by atoms with Gasteiger partial charge in [0.2, 0.25) is 0 Å². The van der Waals surface area contributed by atoms with Crippen LogP contribution in [0.3, 0.4) is 0 Å². The Morgan fingerprint density at radius 3 is 2.33 bits per heavy atom. The number of hydrogen-bond acceptors (Lipinski definition) is 3. The fourth-order valence-corrected chi connectivity index (χ4v) is 4.40. The Kier molecular flexibility index (Phi) is 5.36. The van der Waals surface area contributed by atoms with Crippen LogP contribution in [0.2, 0.25) is 0 Å². The number of carboxylic acid groups (broad SMARTS) is 2. The molecule has 0 radical (unpaired) electrons. The lowest BCUT2D eigenvalue weighted by Crippen LogP contribution is -2.29. The summed E-state index contributed by atoms with van der Waals surface area (Å²) >= 11 is 0. The van der Waals surface area contributed by atoms with Crippen LogP contribution in [0.15, 0.2) is 42.5 Å². The van der Waals surface area contributed by atoms with Crippen LogP contribution < -0.4 is 5.30 Å². The molecule has 6 nitrogen and oxygen atoms in total. The minimum absolute atomic E-state index is 0.172. The van der Waals surface area contributed by atoms with Crippen molar-refractivity contribution in [2.24, 2.45) is 5.92 Å². The molecule has 8 heteroatoms. The van der Waals surface area contributed by atoms with Crippen LogP contribution in [0.5, 0.6) is 0 Å². The van der Waals surface area contributed by atoms with Crippen LogP contribution in [0.4, 0.5) is 4.39 Å². The summed E-state index contributed by atoms with van der Waals surface area (Å²) in [5, 5.41) is 18.6. The van der Waals surface area contributed by atoms with Gasteiger partial charge in [0, 0.05) is 11.7 Å². The molecule has 3 unspecified atom stereocenters. The number of hydrogen-bond donors (Lipinski definition) is 3. The van der Waals surface area contributed by atoms with Crippen LogP contribution in [0.25, 0.3) is 10.8 Å². The molecule has 0 bridgehead atoms. The van der Waals surface area contributed by atoms with Crippen molar-refractivity contribution in [2.45, 2.75) is 18.8 Å². The first-order chi connectivity index (χ1) is 11.2. The van der Waals surface area contributed by atoms with Crippen LogP contribution in [0, 0.1) is 5.92 Å². The molecule has 0 spiro atoms. The van der Waals surface area contributed by atoms with Crippen molar-refractivity contribution in [2.75, 3.05) is 0 Å². The summed E-state index contributed by atoms with van der Waals surface area (Å²) < 4.78 is 27.4. The van der Waals surface area contributed by atoms with Crippen molar-refractivity contribution in [3.05, 3.63) is 42.5 Å². The monoisotopic (exact) mass is 354 g/mol. The van der Waals surface area contributed by atoms with E-state index in [0.717, 1.165) is 0 Å². The molecule has 3 atom stereocenters. The van der Waals surface area contributed by atoms with E-state index in [0.29, 0.717) is 10.8 Å². The minimum atomic E-state index is -4.69. The van der Waals surface area contributed by atoms with Gasteiger partial charge in [0.05, 0.1) is 5.92 Å². The molecule has 0 aliphatic heterocycles. The molecular formula is C16H16FO6P. The predicted octanol–water partition coefficient (Wildman–Crippen LogP) is 2.60. The number of benzene rings is 2. The van der Waals surface area contributed by atoms with Gasteiger partial charge in [0.1, 0.15) is 0 Å². The smallest absolute Gasteiger partial charge is 0.310 e. The maximum Gasteiger partial charge on any atom is 0.310 e. The molecular weight excluding hydrogens is 338 g/mol. The highest BCUT2D eigenvalue weighted by Gasteiger charge is 2.43. The normalized spacial score (nSPS) is 16.2. The number of carbonyl (C=O) groups is 2. The highest BCUT2D eigenvalue weighted by Crippen LogP contribution is 2.51. The Morgan fingerprint density at radius 1 is 1.08 bits per heavy atom. The summed E-state index contributed by atoms with van der Waals surface area (Å²) in [6.07, 6.45) is -1.17. The second-order valence-electron chi connectivity index (χ2n) is 5.37. The van der Waals surface area contributed by atoms with Gasteiger partial charge in [-0.1, -0.05) is 36.4 Å². The van der Waals surface area contributed by atoms with Gasteiger partial charge in [0.25, 0.3) is 7.37 Å². The van der Waals surface area contributed by atoms with E-state index < -0.39 is 44.0 Å². The molecule has 24 heavy (non-hydrogen) atoms. The van der Waals surface area contributed by atoms with E-state index in [-0.39, 0.29) is 5.30 Å². The Morgan fingerprint density at radius 2 is 1.71 bits per heavy atom. The van der Waals surface area contributed by atoms with Crippen molar-refractivity contribution < 1.29 is 33.7 Å². The average Bonchev–Trinajstić information content (AvgIpc) is 2.53. The van der Waals surface area contributed by atoms with Gasteiger partial charge in [-0.25, -0.2) is 4.39 Å². The van der Waals surface area contributed by atoms with E-state index in [1.54, 1.807) is 30.3 Å². The van der Waals surface area contributed by atoms with E-state index in [4.69, 9.17) is 10.2 Å². The second-order valence-corrected chi connectivity index (χ2v) is 7.59. The summed E-state index contributed by atoms with van der Waals surface area (Å²) in [7, 11) is -4.69. The Balaban J connectivity index is 2.44. The first kappa shape index (κ1) is 18.1. The molecule has 2 rings (SSSR count). The molecule has 0 amide bonds. The maximum atomic E-state index is 14.7. The van der Waals surface area contributed by atoms with Gasteiger partial charge in [-0.3, -0.25) is 14.2 Å². The molecule has 0 saturated carbocycles. The van der Waals surface area contributed by atoms with Crippen molar-refractivity contribution in [1.29, 1.82) is 0 Å². The number of fused-ring (bicyclic) bond motifs is 1. The maximum absolute atomic E-state index is 14.7.